The fraction of sp³-hybridized carbons (Fsp3) is 0.167. The van der Waals surface area contributed by atoms with Crippen molar-refractivity contribution in [3.05, 3.63) is 59.9 Å². The molecule has 1 atom stereocenters. The van der Waals surface area contributed by atoms with Gasteiger partial charge in [0.2, 0.25) is 5.91 Å². The van der Waals surface area contributed by atoms with Crippen LogP contribution >= 0.6 is 0 Å². The Labute approximate surface area is 149 Å². The summed E-state index contributed by atoms with van der Waals surface area (Å²) in [7, 11) is 0. The third-order valence-electron chi connectivity index (χ3n) is 4.04. The highest BCUT2D eigenvalue weighted by Crippen LogP contribution is 2.22. The Balaban J connectivity index is 1.63. The average Bonchev–Trinajstić information content (AvgIpc) is 2.96. The van der Waals surface area contributed by atoms with Gasteiger partial charge in [0.1, 0.15) is 5.82 Å². The lowest BCUT2D eigenvalue weighted by Gasteiger charge is -2.17. The molecule has 1 fully saturated rings. The predicted octanol–water partition coefficient (Wildman–Crippen LogP) is 1.85. The Hall–Kier alpha value is -3.42. The predicted molar refractivity (Wildman–Crippen MR) is 94.3 cm³/mol. The first-order valence-electron chi connectivity index (χ1n) is 7.96. The van der Waals surface area contributed by atoms with E-state index in [-0.39, 0.29) is 35.9 Å². The van der Waals surface area contributed by atoms with Crippen molar-refractivity contribution in [2.24, 2.45) is 5.73 Å². The first kappa shape index (κ1) is 17.4. The third-order valence-corrected chi connectivity index (χ3v) is 4.04. The molecule has 1 unspecified atom stereocenters. The van der Waals surface area contributed by atoms with E-state index in [1.165, 1.54) is 35.2 Å². The highest BCUT2D eigenvalue weighted by molar-refractivity contribution is 6.03. The van der Waals surface area contributed by atoms with Gasteiger partial charge in [-0.25, -0.2) is 9.18 Å². The first-order chi connectivity index (χ1) is 12.4. The zero-order valence-corrected chi connectivity index (χ0v) is 13.7. The van der Waals surface area contributed by atoms with Gasteiger partial charge in [0.25, 0.3) is 5.91 Å². The molecule has 26 heavy (non-hydrogen) atoms. The van der Waals surface area contributed by atoms with Crippen LogP contribution < -0.4 is 21.3 Å². The first-order valence-corrected chi connectivity index (χ1v) is 7.96. The molecule has 2 aromatic carbocycles. The Morgan fingerprint density at radius 3 is 2.50 bits per heavy atom. The standard InChI is InChI=1S/C18H17FN4O3/c19-11-5-7-13(8-6-11)23-10-12(9-16(23)24)21-18(26)22-15-4-2-1-3-14(15)17(20)25/h1-8,12H,9-10H2,(H2,20,25)(H2,21,22,26). The van der Waals surface area contributed by atoms with Crippen LogP contribution in [0, 0.1) is 5.82 Å². The zero-order chi connectivity index (χ0) is 18.7. The number of benzene rings is 2. The fourth-order valence-corrected chi connectivity index (χ4v) is 2.83. The van der Waals surface area contributed by atoms with Gasteiger partial charge in [-0.1, -0.05) is 12.1 Å². The van der Waals surface area contributed by atoms with Gasteiger partial charge in [-0.2, -0.15) is 0 Å². The molecular weight excluding hydrogens is 339 g/mol. The minimum absolute atomic E-state index is 0.127. The Bertz CT molecular complexity index is 854. The molecule has 0 aromatic heterocycles. The molecule has 1 saturated heterocycles. The van der Waals surface area contributed by atoms with Crippen LogP contribution in [-0.2, 0) is 4.79 Å². The maximum absolute atomic E-state index is 13.0. The number of para-hydroxylation sites is 1. The van der Waals surface area contributed by atoms with E-state index in [0.717, 1.165) is 0 Å². The summed E-state index contributed by atoms with van der Waals surface area (Å²) in [5.41, 5.74) is 6.33. The smallest absolute Gasteiger partial charge is 0.319 e. The molecule has 0 aliphatic carbocycles. The van der Waals surface area contributed by atoms with Gasteiger partial charge in [0, 0.05) is 18.7 Å². The van der Waals surface area contributed by atoms with Crippen molar-refractivity contribution in [1.29, 1.82) is 0 Å². The van der Waals surface area contributed by atoms with E-state index in [1.54, 1.807) is 18.2 Å². The lowest BCUT2D eigenvalue weighted by Crippen LogP contribution is -2.40. The number of hydrogen-bond donors (Lipinski definition) is 3. The summed E-state index contributed by atoms with van der Waals surface area (Å²) < 4.78 is 13.0. The number of nitrogens with one attached hydrogen (secondary N) is 2. The molecule has 7 nitrogen and oxygen atoms in total. The molecule has 0 saturated carbocycles. The molecule has 0 spiro atoms. The van der Waals surface area contributed by atoms with Crippen LogP contribution in [0.2, 0.25) is 0 Å². The maximum atomic E-state index is 13.0. The number of nitrogens with two attached hydrogens (primary N) is 1. The van der Waals surface area contributed by atoms with Crippen molar-refractivity contribution in [3.63, 3.8) is 0 Å². The molecule has 1 aliphatic rings. The highest BCUT2D eigenvalue weighted by Gasteiger charge is 2.31. The summed E-state index contributed by atoms with van der Waals surface area (Å²) in [6.07, 6.45) is 0.127. The van der Waals surface area contributed by atoms with Crippen molar-refractivity contribution in [2.75, 3.05) is 16.8 Å². The molecule has 3 rings (SSSR count). The monoisotopic (exact) mass is 356 g/mol. The van der Waals surface area contributed by atoms with Crippen LogP contribution in [0.3, 0.4) is 0 Å². The molecule has 0 radical (unpaired) electrons. The molecule has 4 amide bonds. The van der Waals surface area contributed by atoms with Crippen LogP contribution in [0.15, 0.2) is 48.5 Å². The molecule has 134 valence electrons. The fourth-order valence-electron chi connectivity index (χ4n) is 2.83. The van der Waals surface area contributed by atoms with E-state index in [2.05, 4.69) is 10.6 Å². The van der Waals surface area contributed by atoms with E-state index in [9.17, 15) is 18.8 Å². The number of anilines is 2. The molecule has 0 bridgehead atoms. The molecule has 8 heteroatoms. The van der Waals surface area contributed by atoms with Gasteiger partial charge in [-0.05, 0) is 36.4 Å². The van der Waals surface area contributed by atoms with Gasteiger partial charge in [-0.15, -0.1) is 0 Å². The van der Waals surface area contributed by atoms with Crippen LogP contribution in [0.1, 0.15) is 16.8 Å². The zero-order valence-electron chi connectivity index (χ0n) is 13.7. The normalized spacial score (nSPS) is 16.4. The van der Waals surface area contributed by atoms with E-state index < -0.39 is 18.0 Å². The van der Waals surface area contributed by atoms with Gasteiger partial charge in [-0.3, -0.25) is 9.59 Å². The van der Waals surface area contributed by atoms with Gasteiger partial charge < -0.3 is 21.3 Å². The van der Waals surface area contributed by atoms with Gasteiger partial charge in [0.05, 0.1) is 17.3 Å². The minimum atomic E-state index is -0.653. The Morgan fingerprint density at radius 1 is 1.12 bits per heavy atom. The van der Waals surface area contributed by atoms with Crippen LogP contribution in [0.25, 0.3) is 0 Å². The van der Waals surface area contributed by atoms with Crippen molar-refractivity contribution >= 4 is 29.2 Å². The largest absolute Gasteiger partial charge is 0.366 e. The molecular formula is C18H17FN4O3. The summed E-state index contributed by atoms with van der Waals surface area (Å²) in [5, 5.41) is 5.26. The minimum Gasteiger partial charge on any atom is -0.366 e. The van der Waals surface area contributed by atoms with Crippen molar-refractivity contribution in [1.82, 2.24) is 5.32 Å². The van der Waals surface area contributed by atoms with Crippen molar-refractivity contribution in [2.45, 2.75) is 12.5 Å². The van der Waals surface area contributed by atoms with E-state index >= 15 is 0 Å². The van der Waals surface area contributed by atoms with E-state index in [1.807, 2.05) is 0 Å². The molecule has 1 aliphatic heterocycles. The Morgan fingerprint density at radius 2 is 1.81 bits per heavy atom. The third kappa shape index (κ3) is 3.80. The second kappa shape index (κ2) is 7.22. The molecule has 1 heterocycles. The highest BCUT2D eigenvalue weighted by atomic mass is 19.1. The average molecular weight is 356 g/mol. The quantitative estimate of drug-likeness (QED) is 0.779. The second-order valence-electron chi connectivity index (χ2n) is 5.89. The lowest BCUT2D eigenvalue weighted by molar-refractivity contribution is -0.117. The number of hydrogen-bond acceptors (Lipinski definition) is 3. The molecule has 4 N–H and O–H groups in total. The maximum Gasteiger partial charge on any atom is 0.319 e. The van der Waals surface area contributed by atoms with E-state index in [4.69, 9.17) is 5.73 Å². The number of halogens is 1. The van der Waals surface area contributed by atoms with Crippen molar-refractivity contribution < 1.29 is 18.8 Å². The van der Waals surface area contributed by atoms with Gasteiger partial charge >= 0.3 is 6.03 Å². The van der Waals surface area contributed by atoms with Crippen LogP contribution in [0.5, 0.6) is 0 Å². The van der Waals surface area contributed by atoms with E-state index in [0.29, 0.717) is 5.69 Å². The number of nitrogens with zero attached hydrogens (tertiary/aromatic N) is 1. The molecule has 2 aromatic rings. The number of rotatable bonds is 4. The number of amides is 4. The number of carbonyl (C=O) groups is 3. The van der Waals surface area contributed by atoms with Crippen LogP contribution in [-0.4, -0.2) is 30.4 Å². The summed E-state index contributed by atoms with van der Waals surface area (Å²) in [6, 6.07) is 11.0. The van der Waals surface area contributed by atoms with Gasteiger partial charge in [0.15, 0.2) is 0 Å². The number of carbonyl (C=O) groups excluding carboxylic acids is 3. The van der Waals surface area contributed by atoms with Crippen molar-refractivity contribution in [3.8, 4) is 0 Å². The topological polar surface area (TPSA) is 105 Å². The lowest BCUT2D eigenvalue weighted by atomic mass is 10.1. The number of primary amides is 1. The summed E-state index contributed by atoms with van der Waals surface area (Å²) >= 11 is 0. The SMILES string of the molecule is NC(=O)c1ccccc1NC(=O)NC1CC(=O)N(c2ccc(F)cc2)C1. The van der Waals surface area contributed by atoms with Crippen LogP contribution in [0.4, 0.5) is 20.6 Å². The Kier molecular flexibility index (Phi) is 4.83. The summed E-state index contributed by atoms with van der Waals surface area (Å²) in [4.78, 5) is 37.2. The second-order valence-corrected chi connectivity index (χ2v) is 5.89. The number of urea groups is 1. The summed E-state index contributed by atoms with van der Waals surface area (Å²) in [5.74, 6) is -1.21. The summed E-state index contributed by atoms with van der Waals surface area (Å²) in [6.45, 7) is 0.273.